The average molecular weight is 429 g/mol. The molecule has 0 radical (unpaired) electrons. The van der Waals surface area contributed by atoms with Crippen LogP contribution in [-0.4, -0.2) is 34.2 Å². The van der Waals surface area contributed by atoms with Crippen molar-refractivity contribution >= 4 is 23.4 Å². The summed E-state index contributed by atoms with van der Waals surface area (Å²) >= 11 is 6.33. The minimum absolute atomic E-state index is 0.0832. The summed E-state index contributed by atoms with van der Waals surface area (Å²) in [6.07, 6.45) is 6.36. The Morgan fingerprint density at radius 3 is 2.27 bits per heavy atom. The monoisotopic (exact) mass is 428 g/mol. The summed E-state index contributed by atoms with van der Waals surface area (Å²) < 4.78 is 13.5. The van der Waals surface area contributed by atoms with Crippen molar-refractivity contribution in [1.82, 2.24) is 9.80 Å². The first kappa shape index (κ1) is 20.9. The fourth-order valence-electron chi connectivity index (χ4n) is 4.58. The fourth-order valence-corrected chi connectivity index (χ4v) is 4.78. The van der Waals surface area contributed by atoms with Crippen LogP contribution >= 0.6 is 11.6 Å². The number of hydrogen-bond donors (Lipinski definition) is 0. The minimum Gasteiger partial charge on any atom is -0.328 e. The van der Waals surface area contributed by atoms with Gasteiger partial charge in [-0.2, -0.15) is 0 Å². The van der Waals surface area contributed by atoms with Crippen LogP contribution < -0.4 is 0 Å². The van der Waals surface area contributed by atoms with Crippen molar-refractivity contribution in [1.29, 1.82) is 0 Å². The zero-order chi connectivity index (χ0) is 21.1. The van der Waals surface area contributed by atoms with Gasteiger partial charge in [0.2, 0.25) is 5.91 Å². The summed E-state index contributed by atoms with van der Waals surface area (Å²) in [5.41, 5.74) is 1.41. The van der Waals surface area contributed by atoms with Gasteiger partial charge in [0.05, 0.1) is 0 Å². The Bertz CT molecular complexity index is 910. The van der Waals surface area contributed by atoms with Gasteiger partial charge in [0, 0.05) is 17.6 Å². The van der Waals surface area contributed by atoms with Crippen LogP contribution in [0.15, 0.2) is 48.5 Å². The zero-order valence-electron chi connectivity index (χ0n) is 16.9. The maximum atomic E-state index is 13.7. The smallest absolute Gasteiger partial charge is 0.250 e. The number of benzene rings is 2. The number of nitrogens with zero attached hydrogens (tertiary/aromatic N) is 2. The third kappa shape index (κ3) is 4.36. The Hall–Kier alpha value is -2.40. The third-order valence-electron chi connectivity index (χ3n) is 6.20. The molecule has 158 valence electrons. The molecule has 0 bridgehead atoms. The van der Waals surface area contributed by atoms with E-state index < -0.39 is 6.04 Å². The van der Waals surface area contributed by atoms with Gasteiger partial charge in [-0.1, -0.05) is 67.6 Å². The molecule has 4 rings (SSSR count). The lowest BCUT2D eigenvalue weighted by atomic mass is 9.97. The van der Waals surface area contributed by atoms with E-state index >= 15 is 0 Å². The van der Waals surface area contributed by atoms with Crippen LogP contribution in [0.2, 0.25) is 5.02 Å². The molecule has 1 atom stereocenters. The molecule has 1 heterocycles. The van der Waals surface area contributed by atoms with E-state index in [0.717, 1.165) is 31.2 Å². The summed E-state index contributed by atoms with van der Waals surface area (Å²) in [7, 11) is 0. The molecular weight excluding hydrogens is 403 g/mol. The van der Waals surface area contributed by atoms with Crippen LogP contribution in [0.25, 0.3) is 0 Å². The summed E-state index contributed by atoms with van der Waals surface area (Å²) in [4.78, 5) is 30.3. The topological polar surface area (TPSA) is 40.6 Å². The number of carbonyl (C=O) groups excluding carboxylic acids is 2. The molecule has 1 aliphatic carbocycles. The predicted octanol–water partition coefficient (Wildman–Crippen LogP) is 5.11. The summed E-state index contributed by atoms with van der Waals surface area (Å²) in [5.74, 6) is -0.556. The van der Waals surface area contributed by atoms with Gasteiger partial charge >= 0.3 is 0 Å². The fraction of sp³-hybridized carbons (Fsp3) is 0.417. The van der Waals surface area contributed by atoms with Gasteiger partial charge in [0.15, 0.2) is 0 Å². The Kier molecular flexibility index (Phi) is 6.38. The molecule has 1 aliphatic heterocycles. The molecular formula is C24H26ClFN2O2. The second-order valence-electron chi connectivity index (χ2n) is 8.18. The summed E-state index contributed by atoms with van der Waals surface area (Å²) in [5, 5.41) is 0.557. The van der Waals surface area contributed by atoms with Crippen LogP contribution in [0.1, 0.15) is 55.7 Å². The highest BCUT2D eigenvalue weighted by molar-refractivity contribution is 6.31. The number of hydrogen-bond acceptors (Lipinski definition) is 2. The third-order valence-corrected chi connectivity index (χ3v) is 6.57. The Balaban J connectivity index is 1.68. The van der Waals surface area contributed by atoms with Crippen LogP contribution in [0.5, 0.6) is 0 Å². The van der Waals surface area contributed by atoms with Crippen molar-refractivity contribution < 1.29 is 14.0 Å². The van der Waals surface area contributed by atoms with Crippen LogP contribution in [0.3, 0.4) is 0 Å². The maximum absolute atomic E-state index is 13.7. The number of amides is 2. The molecule has 0 N–H and O–H groups in total. The van der Waals surface area contributed by atoms with Crippen molar-refractivity contribution in [3.8, 4) is 0 Å². The standard InChI is InChI=1S/C24H26ClFN2O2/c25-21-10-6-5-7-18(21)15-28-22(29)16-27(20-8-3-1-2-4-9-20)24(30)23(28)17-11-13-19(26)14-12-17/h5-7,10-14,20,23H,1-4,8-9,15-16H2. The lowest BCUT2D eigenvalue weighted by Crippen LogP contribution is -2.57. The maximum Gasteiger partial charge on any atom is 0.250 e. The van der Waals surface area contributed by atoms with E-state index in [2.05, 4.69) is 0 Å². The van der Waals surface area contributed by atoms with Crippen molar-refractivity contribution in [2.45, 2.75) is 57.2 Å². The highest BCUT2D eigenvalue weighted by Gasteiger charge is 2.42. The molecule has 6 heteroatoms. The van der Waals surface area contributed by atoms with E-state index in [9.17, 15) is 14.0 Å². The van der Waals surface area contributed by atoms with Crippen LogP contribution in [0.4, 0.5) is 4.39 Å². The summed E-state index contributed by atoms with van der Waals surface area (Å²) in [6.45, 7) is 0.330. The lowest BCUT2D eigenvalue weighted by Gasteiger charge is -2.43. The second kappa shape index (κ2) is 9.17. The zero-order valence-corrected chi connectivity index (χ0v) is 17.7. The van der Waals surface area contributed by atoms with E-state index in [4.69, 9.17) is 11.6 Å². The highest BCUT2D eigenvalue weighted by Crippen LogP contribution is 2.34. The minimum atomic E-state index is -0.772. The number of carbonyl (C=O) groups is 2. The number of rotatable bonds is 4. The largest absolute Gasteiger partial charge is 0.328 e. The van der Waals surface area contributed by atoms with E-state index in [1.54, 1.807) is 28.0 Å². The number of piperazine rings is 1. The first-order chi connectivity index (χ1) is 14.5. The van der Waals surface area contributed by atoms with Crippen molar-refractivity contribution in [3.63, 3.8) is 0 Å². The van der Waals surface area contributed by atoms with E-state index in [0.29, 0.717) is 10.6 Å². The predicted molar refractivity (Wildman–Crippen MR) is 114 cm³/mol. The van der Waals surface area contributed by atoms with Gasteiger partial charge in [-0.3, -0.25) is 9.59 Å². The lowest BCUT2D eigenvalue weighted by molar-refractivity contribution is -0.159. The quantitative estimate of drug-likeness (QED) is 0.634. The van der Waals surface area contributed by atoms with Gasteiger partial charge in [0.25, 0.3) is 5.91 Å². The molecule has 0 spiro atoms. The van der Waals surface area contributed by atoms with Crippen molar-refractivity contribution in [2.75, 3.05) is 6.54 Å². The molecule has 2 aliphatic rings. The van der Waals surface area contributed by atoms with Gasteiger partial charge in [-0.15, -0.1) is 0 Å². The van der Waals surface area contributed by atoms with E-state index in [1.165, 1.54) is 25.0 Å². The van der Waals surface area contributed by atoms with Gasteiger partial charge < -0.3 is 9.80 Å². The Morgan fingerprint density at radius 2 is 1.60 bits per heavy atom. The Morgan fingerprint density at radius 1 is 0.933 bits per heavy atom. The van der Waals surface area contributed by atoms with Crippen molar-refractivity contribution in [2.24, 2.45) is 0 Å². The van der Waals surface area contributed by atoms with Crippen LogP contribution in [-0.2, 0) is 16.1 Å². The normalized spacial score (nSPS) is 21.1. The van der Waals surface area contributed by atoms with Crippen molar-refractivity contribution in [3.05, 3.63) is 70.5 Å². The molecule has 30 heavy (non-hydrogen) atoms. The molecule has 2 fully saturated rings. The molecule has 1 saturated heterocycles. The van der Waals surface area contributed by atoms with Gasteiger partial charge in [0.1, 0.15) is 18.4 Å². The Labute approximate surface area is 181 Å². The molecule has 2 amide bonds. The van der Waals surface area contributed by atoms with E-state index in [-0.39, 0.29) is 36.8 Å². The molecule has 0 aromatic heterocycles. The average Bonchev–Trinajstić information content (AvgIpc) is 3.02. The number of halogens is 2. The molecule has 1 saturated carbocycles. The van der Waals surface area contributed by atoms with Crippen LogP contribution in [0, 0.1) is 5.82 Å². The first-order valence-corrected chi connectivity index (χ1v) is 11.0. The SMILES string of the molecule is O=C1C(c2ccc(F)cc2)N(Cc2ccccc2Cl)C(=O)CN1C1CCCCCC1. The molecule has 1 unspecified atom stereocenters. The first-order valence-electron chi connectivity index (χ1n) is 10.6. The van der Waals surface area contributed by atoms with Gasteiger partial charge in [-0.05, 0) is 42.2 Å². The molecule has 4 nitrogen and oxygen atoms in total. The molecule has 2 aromatic rings. The second-order valence-corrected chi connectivity index (χ2v) is 8.59. The highest BCUT2D eigenvalue weighted by atomic mass is 35.5. The summed E-state index contributed by atoms with van der Waals surface area (Å²) in [6, 6.07) is 12.5. The van der Waals surface area contributed by atoms with E-state index in [1.807, 2.05) is 18.2 Å². The van der Waals surface area contributed by atoms with Gasteiger partial charge in [-0.25, -0.2) is 4.39 Å². The molecule has 2 aromatic carbocycles.